The Morgan fingerprint density at radius 3 is 2.24 bits per heavy atom. The number of aryl methyl sites for hydroxylation is 2. The number of esters is 1. The molecule has 6 heteroatoms. The van der Waals surface area contributed by atoms with Gasteiger partial charge in [-0.25, -0.2) is 4.79 Å². The highest BCUT2D eigenvalue weighted by Gasteiger charge is 2.36. The molecule has 0 unspecified atom stereocenters. The van der Waals surface area contributed by atoms with E-state index in [0.29, 0.717) is 17.8 Å². The number of amides is 2. The number of benzene rings is 2. The molecule has 1 N–H and O–H groups in total. The molecule has 0 aromatic heterocycles. The molecule has 3 rings (SSSR count). The molecule has 0 saturated carbocycles. The van der Waals surface area contributed by atoms with Crippen LogP contribution in [0.15, 0.2) is 42.5 Å². The maximum atomic E-state index is 12.7. The first-order valence-corrected chi connectivity index (χ1v) is 9.88. The highest BCUT2D eigenvalue weighted by atomic mass is 16.5. The first-order valence-electron chi connectivity index (χ1n) is 9.88. The van der Waals surface area contributed by atoms with Crippen LogP contribution in [0.1, 0.15) is 41.8 Å². The van der Waals surface area contributed by atoms with E-state index in [1.807, 2.05) is 18.2 Å². The van der Waals surface area contributed by atoms with Crippen molar-refractivity contribution in [2.75, 3.05) is 23.9 Å². The quantitative estimate of drug-likeness (QED) is 0.760. The first kappa shape index (κ1) is 20.6. The van der Waals surface area contributed by atoms with Gasteiger partial charge >= 0.3 is 5.97 Å². The molecule has 0 bridgehead atoms. The summed E-state index contributed by atoms with van der Waals surface area (Å²) in [5.41, 5.74) is 4.20. The van der Waals surface area contributed by atoms with E-state index >= 15 is 0 Å². The fraction of sp³-hybridized carbons (Fsp3) is 0.348. The average molecular weight is 394 g/mol. The van der Waals surface area contributed by atoms with Gasteiger partial charge in [0.25, 0.3) is 0 Å². The molecule has 1 saturated heterocycles. The molecular weight excluding hydrogens is 368 g/mol. The summed E-state index contributed by atoms with van der Waals surface area (Å²) in [5.74, 6) is -1.07. The molecule has 152 valence electrons. The van der Waals surface area contributed by atoms with Crippen molar-refractivity contribution >= 4 is 29.2 Å². The van der Waals surface area contributed by atoms with Crippen LogP contribution in [0.2, 0.25) is 0 Å². The van der Waals surface area contributed by atoms with E-state index in [1.165, 1.54) is 7.11 Å². The summed E-state index contributed by atoms with van der Waals surface area (Å²) < 4.78 is 4.67. The number of rotatable bonds is 6. The summed E-state index contributed by atoms with van der Waals surface area (Å²) in [6.45, 7) is 4.51. The van der Waals surface area contributed by atoms with E-state index in [1.54, 1.807) is 29.2 Å². The monoisotopic (exact) mass is 394 g/mol. The minimum atomic E-state index is -0.429. The van der Waals surface area contributed by atoms with Gasteiger partial charge < -0.3 is 15.0 Å². The number of para-hydroxylation sites is 1. The van der Waals surface area contributed by atoms with Gasteiger partial charge in [-0.05, 0) is 48.2 Å². The van der Waals surface area contributed by atoms with Crippen LogP contribution in [0, 0.1) is 5.92 Å². The van der Waals surface area contributed by atoms with Gasteiger partial charge in [-0.1, -0.05) is 32.0 Å². The van der Waals surface area contributed by atoms with Gasteiger partial charge in [-0.2, -0.15) is 0 Å². The zero-order valence-electron chi connectivity index (χ0n) is 17.0. The zero-order chi connectivity index (χ0) is 21.0. The fourth-order valence-corrected chi connectivity index (χ4v) is 3.71. The van der Waals surface area contributed by atoms with Crippen molar-refractivity contribution in [2.24, 2.45) is 5.92 Å². The van der Waals surface area contributed by atoms with Crippen molar-refractivity contribution in [3.63, 3.8) is 0 Å². The van der Waals surface area contributed by atoms with E-state index in [0.717, 1.165) is 29.7 Å². The van der Waals surface area contributed by atoms with E-state index < -0.39 is 11.9 Å². The molecule has 1 fully saturated rings. The highest BCUT2D eigenvalue weighted by molar-refractivity contribution is 6.04. The molecule has 1 atom stereocenters. The number of nitrogens with zero attached hydrogens (tertiary/aromatic N) is 1. The third-order valence-corrected chi connectivity index (χ3v) is 5.30. The number of ether oxygens (including phenoxy) is 1. The topological polar surface area (TPSA) is 75.7 Å². The predicted octanol–water partition coefficient (Wildman–Crippen LogP) is 3.59. The van der Waals surface area contributed by atoms with E-state index in [4.69, 9.17) is 0 Å². The molecular formula is C23H26N2O4. The van der Waals surface area contributed by atoms with Gasteiger partial charge in [-0.15, -0.1) is 0 Å². The molecule has 0 spiro atoms. The second-order valence-corrected chi connectivity index (χ2v) is 7.10. The number of hydrogen-bond donors (Lipinski definition) is 1. The summed E-state index contributed by atoms with van der Waals surface area (Å²) in [5, 5.41) is 2.85. The largest absolute Gasteiger partial charge is 0.465 e. The number of hydrogen-bond acceptors (Lipinski definition) is 4. The smallest absolute Gasteiger partial charge is 0.337 e. The van der Waals surface area contributed by atoms with Crippen LogP contribution in [-0.2, 0) is 27.2 Å². The minimum absolute atomic E-state index is 0.0261. The van der Waals surface area contributed by atoms with Gasteiger partial charge in [-0.3, -0.25) is 9.59 Å². The maximum Gasteiger partial charge on any atom is 0.337 e. The molecule has 1 heterocycles. The Balaban J connectivity index is 1.74. The first-order chi connectivity index (χ1) is 14.0. The van der Waals surface area contributed by atoms with Crippen LogP contribution in [0.25, 0.3) is 0 Å². The van der Waals surface area contributed by atoms with Crippen molar-refractivity contribution in [2.45, 2.75) is 33.1 Å². The minimum Gasteiger partial charge on any atom is -0.465 e. The van der Waals surface area contributed by atoms with E-state index in [2.05, 4.69) is 23.9 Å². The molecule has 2 aromatic rings. The lowest BCUT2D eigenvalue weighted by Crippen LogP contribution is -2.29. The average Bonchev–Trinajstić information content (AvgIpc) is 3.14. The van der Waals surface area contributed by atoms with Crippen LogP contribution in [0.3, 0.4) is 0 Å². The Bertz CT molecular complexity index is 899. The Morgan fingerprint density at radius 1 is 1.07 bits per heavy atom. The molecule has 6 nitrogen and oxygen atoms in total. The number of anilines is 2. The zero-order valence-corrected chi connectivity index (χ0v) is 17.0. The van der Waals surface area contributed by atoms with Crippen LogP contribution in [-0.4, -0.2) is 31.4 Å². The highest BCUT2D eigenvalue weighted by Crippen LogP contribution is 2.32. The lowest BCUT2D eigenvalue weighted by atomic mass is 10.0. The molecule has 1 aliphatic rings. The molecule has 2 amide bonds. The predicted molar refractivity (Wildman–Crippen MR) is 112 cm³/mol. The molecule has 2 aromatic carbocycles. The van der Waals surface area contributed by atoms with Crippen molar-refractivity contribution in [1.82, 2.24) is 0 Å². The van der Waals surface area contributed by atoms with Gasteiger partial charge in [0.1, 0.15) is 0 Å². The lowest BCUT2D eigenvalue weighted by molar-refractivity contribution is -0.122. The second kappa shape index (κ2) is 8.90. The van der Waals surface area contributed by atoms with Gasteiger partial charge in [0.05, 0.1) is 18.6 Å². The Kier molecular flexibility index (Phi) is 6.32. The summed E-state index contributed by atoms with van der Waals surface area (Å²) >= 11 is 0. The van der Waals surface area contributed by atoms with E-state index in [9.17, 15) is 14.4 Å². The van der Waals surface area contributed by atoms with Crippen molar-refractivity contribution in [3.05, 3.63) is 59.2 Å². The Morgan fingerprint density at radius 2 is 1.69 bits per heavy atom. The number of nitrogens with one attached hydrogen (secondary N) is 1. The lowest BCUT2D eigenvalue weighted by Gasteiger charge is -2.23. The van der Waals surface area contributed by atoms with Crippen molar-refractivity contribution in [1.29, 1.82) is 0 Å². The van der Waals surface area contributed by atoms with Crippen molar-refractivity contribution in [3.8, 4) is 0 Å². The second-order valence-electron chi connectivity index (χ2n) is 7.10. The molecule has 0 radical (unpaired) electrons. The van der Waals surface area contributed by atoms with Gasteiger partial charge in [0.2, 0.25) is 11.8 Å². The standard InChI is InChI=1S/C23H26N2O4/c1-4-15-7-6-8-16(5-2)21(15)25-14-18(13-20(25)26)22(27)24-19-11-9-17(10-12-19)23(28)29-3/h6-12,18H,4-5,13-14H2,1-3H3,(H,24,27)/t18-/m1/s1. The summed E-state index contributed by atoms with van der Waals surface area (Å²) in [6.07, 6.45) is 1.85. The van der Waals surface area contributed by atoms with Crippen LogP contribution >= 0.6 is 0 Å². The number of carbonyl (C=O) groups excluding carboxylic acids is 3. The summed E-state index contributed by atoms with van der Waals surface area (Å²) in [4.78, 5) is 38.7. The number of methoxy groups -OCH3 is 1. The molecule has 0 aliphatic carbocycles. The summed E-state index contributed by atoms with van der Waals surface area (Å²) in [7, 11) is 1.32. The third kappa shape index (κ3) is 4.31. The SMILES string of the molecule is CCc1cccc(CC)c1N1C[C@H](C(=O)Nc2ccc(C(=O)OC)cc2)CC1=O. The maximum absolute atomic E-state index is 12.7. The molecule has 29 heavy (non-hydrogen) atoms. The van der Waals surface area contributed by atoms with Crippen LogP contribution < -0.4 is 10.2 Å². The van der Waals surface area contributed by atoms with Crippen molar-refractivity contribution < 1.29 is 19.1 Å². The number of carbonyl (C=O) groups is 3. The van der Waals surface area contributed by atoms with Gasteiger partial charge in [0, 0.05) is 24.3 Å². The van der Waals surface area contributed by atoms with E-state index in [-0.39, 0.29) is 18.2 Å². The van der Waals surface area contributed by atoms with Gasteiger partial charge in [0.15, 0.2) is 0 Å². The van der Waals surface area contributed by atoms with Crippen LogP contribution in [0.5, 0.6) is 0 Å². The normalized spacial score (nSPS) is 16.0. The third-order valence-electron chi connectivity index (χ3n) is 5.30. The fourth-order valence-electron chi connectivity index (χ4n) is 3.71. The Hall–Kier alpha value is -3.15. The molecule has 1 aliphatic heterocycles. The summed E-state index contributed by atoms with van der Waals surface area (Å²) in [6, 6.07) is 12.6. The Labute approximate surface area is 170 Å². The van der Waals surface area contributed by atoms with Crippen LogP contribution in [0.4, 0.5) is 11.4 Å².